The number of guanidine groups is 1. The normalized spacial score (nSPS) is 19.3. The number of fused-ring (bicyclic) bond motifs is 1. The van der Waals surface area contributed by atoms with Crippen LogP contribution in [0.2, 0.25) is 0 Å². The Morgan fingerprint density at radius 3 is 2.82 bits per heavy atom. The number of hydrogen-bond donors (Lipinski definition) is 2. The van der Waals surface area contributed by atoms with E-state index < -0.39 is 0 Å². The zero-order chi connectivity index (χ0) is 19.0. The highest BCUT2D eigenvalue weighted by Crippen LogP contribution is 2.32. The van der Waals surface area contributed by atoms with Crippen molar-refractivity contribution in [1.82, 2.24) is 5.32 Å². The van der Waals surface area contributed by atoms with Crippen molar-refractivity contribution >= 4 is 11.6 Å². The van der Waals surface area contributed by atoms with Gasteiger partial charge in [-0.2, -0.15) is 0 Å². The second-order valence-corrected chi connectivity index (χ2v) is 6.92. The summed E-state index contributed by atoms with van der Waals surface area (Å²) in [6, 6.07) is 9.74. The van der Waals surface area contributed by atoms with E-state index in [4.69, 9.17) is 23.6 Å². The molecule has 3 heterocycles. The van der Waals surface area contributed by atoms with Gasteiger partial charge in [0, 0.05) is 37.7 Å². The van der Waals surface area contributed by atoms with Crippen LogP contribution in [-0.4, -0.2) is 45.0 Å². The molecule has 2 aromatic rings. The van der Waals surface area contributed by atoms with Gasteiger partial charge in [0.05, 0.1) is 32.1 Å². The van der Waals surface area contributed by atoms with E-state index in [0.29, 0.717) is 19.8 Å². The van der Waals surface area contributed by atoms with Crippen LogP contribution in [0.5, 0.6) is 11.5 Å². The molecular formula is C21H27N3O4. The molecule has 2 N–H and O–H groups in total. The molecule has 150 valence electrons. The zero-order valence-corrected chi connectivity index (χ0v) is 16.0. The monoisotopic (exact) mass is 385 g/mol. The van der Waals surface area contributed by atoms with Gasteiger partial charge >= 0.3 is 0 Å². The van der Waals surface area contributed by atoms with Gasteiger partial charge in [-0.15, -0.1) is 0 Å². The molecule has 2 aliphatic rings. The van der Waals surface area contributed by atoms with Crippen LogP contribution in [0, 0.1) is 0 Å². The van der Waals surface area contributed by atoms with Crippen molar-refractivity contribution in [2.75, 3.05) is 38.2 Å². The van der Waals surface area contributed by atoms with Crippen LogP contribution in [0.4, 0.5) is 5.69 Å². The van der Waals surface area contributed by atoms with Crippen LogP contribution < -0.4 is 20.1 Å². The topological polar surface area (TPSA) is 77.3 Å². The summed E-state index contributed by atoms with van der Waals surface area (Å²) in [7, 11) is 0. The smallest absolute Gasteiger partial charge is 0.195 e. The van der Waals surface area contributed by atoms with Crippen LogP contribution in [-0.2, 0) is 11.2 Å². The molecule has 4 rings (SSSR count). The fourth-order valence-corrected chi connectivity index (χ4v) is 3.26. The number of benzene rings is 1. The molecule has 1 saturated heterocycles. The van der Waals surface area contributed by atoms with Gasteiger partial charge in [-0.1, -0.05) is 0 Å². The van der Waals surface area contributed by atoms with Crippen LogP contribution in [0.15, 0.2) is 46.0 Å². The summed E-state index contributed by atoms with van der Waals surface area (Å²) in [5.41, 5.74) is 0.904. The second kappa shape index (κ2) is 9.50. The van der Waals surface area contributed by atoms with Crippen molar-refractivity contribution < 1.29 is 18.6 Å². The fourth-order valence-electron chi connectivity index (χ4n) is 3.26. The maximum absolute atomic E-state index is 5.78. The molecule has 1 aromatic heterocycles. The number of rotatable bonds is 6. The highest BCUT2D eigenvalue weighted by molar-refractivity contribution is 5.94. The van der Waals surface area contributed by atoms with E-state index in [0.717, 1.165) is 67.7 Å². The van der Waals surface area contributed by atoms with E-state index >= 15 is 0 Å². The van der Waals surface area contributed by atoms with E-state index in [1.807, 2.05) is 30.3 Å². The lowest BCUT2D eigenvalue weighted by molar-refractivity contribution is 0.118. The molecule has 1 fully saturated rings. The standard InChI is InChI=1S/C21H27N3O4/c1-4-17(25-10-1)8-9-22-21(23-15-18-5-2-11-26-18)24-16-6-7-19-20(14-16)28-13-3-12-27-19/h1,4,6-7,10,14,18H,2-3,5,8-9,11-13,15H2,(H2,22,23,24). The van der Waals surface area contributed by atoms with Gasteiger partial charge in [0.15, 0.2) is 17.5 Å². The second-order valence-electron chi connectivity index (χ2n) is 6.92. The molecule has 0 saturated carbocycles. The molecule has 1 unspecified atom stereocenters. The van der Waals surface area contributed by atoms with Crippen molar-refractivity contribution in [2.45, 2.75) is 31.8 Å². The number of nitrogens with one attached hydrogen (secondary N) is 2. The molecule has 0 aliphatic carbocycles. The van der Waals surface area contributed by atoms with E-state index in [1.54, 1.807) is 6.26 Å². The minimum atomic E-state index is 0.201. The Kier molecular flexibility index (Phi) is 6.34. The molecule has 7 nitrogen and oxygen atoms in total. The molecule has 1 atom stereocenters. The minimum absolute atomic E-state index is 0.201. The molecule has 0 amide bonds. The van der Waals surface area contributed by atoms with Gasteiger partial charge in [0.1, 0.15) is 5.76 Å². The summed E-state index contributed by atoms with van der Waals surface area (Å²) in [4.78, 5) is 4.72. The number of aliphatic imine (C=N–C) groups is 1. The van der Waals surface area contributed by atoms with Crippen molar-refractivity contribution in [3.8, 4) is 11.5 Å². The van der Waals surface area contributed by atoms with Crippen molar-refractivity contribution in [2.24, 2.45) is 4.99 Å². The molecule has 7 heteroatoms. The van der Waals surface area contributed by atoms with Gasteiger partial charge < -0.3 is 29.3 Å². The third kappa shape index (κ3) is 5.19. The summed E-state index contributed by atoms with van der Waals surface area (Å²) in [6.45, 7) is 3.53. The first-order valence-corrected chi connectivity index (χ1v) is 9.96. The maximum Gasteiger partial charge on any atom is 0.195 e. The van der Waals surface area contributed by atoms with E-state index in [-0.39, 0.29) is 6.10 Å². The highest BCUT2D eigenvalue weighted by atomic mass is 16.5. The molecule has 1 aromatic carbocycles. The quantitative estimate of drug-likeness (QED) is 0.587. The van der Waals surface area contributed by atoms with Crippen molar-refractivity contribution in [3.63, 3.8) is 0 Å². The van der Waals surface area contributed by atoms with Crippen LogP contribution in [0.25, 0.3) is 0 Å². The molecule has 0 bridgehead atoms. The summed E-state index contributed by atoms with van der Waals surface area (Å²) < 4.78 is 22.6. The van der Waals surface area contributed by atoms with Gasteiger partial charge in [0.2, 0.25) is 0 Å². The Morgan fingerprint density at radius 2 is 2.00 bits per heavy atom. The first-order chi connectivity index (χ1) is 13.9. The Bertz CT molecular complexity index is 770. The summed E-state index contributed by atoms with van der Waals surface area (Å²) in [6.07, 6.45) is 5.74. The number of anilines is 1. The average Bonchev–Trinajstić information content (AvgIpc) is 3.37. The summed E-state index contributed by atoms with van der Waals surface area (Å²) in [5, 5.41) is 6.74. The highest BCUT2D eigenvalue weighted by Gasteiger charge is 2.16. The third-order valence-electron chi connectivity index (χ3n) is 4.73. The fraction of sp³-hybridized carbons (Fsp3) is 0.476. The van der Waals surface area contributed by atoms with Gasteiger partial charge in [-0.25, -0.2) is 0 Å². The largest absolute Gasteiger partial charge is 0.490 e. The molecular weight excluding hydrogens is 358 g/mol. The lowest BCUT2D eigenvalue weighted by atomic mass is 10.2. The number of nitrogens with zero attached hydrogens (tertiary/aromatic N) is 1. The van der Waals surface area contributed by atoms with Gasteiger partial charge in [0.25, 0.3) is 0 Å². The number of ether oxygens (including phenoxy) is 3. The lowest BCUT2D eigenvalue weighted by Gasteiger charge is -2.15. The predicted molar refractivity (Wildman–Crippen MR) is 107 cm³/mol. The minimum Gasteiger partial charge on any atom is -0.490 e. The Balaban J connectivity index is 1.41. The van der Waals surface area contributed by atoms with Gasteiger partial charge in [-0.3, -0.25) is 4.99 Å². The van der Waals surface area contributed by atoms with Crippen LogP contribution in [0.3, 0.4) is 0 Å². The summed E-state index contributed by atoms with van der Waals surface area (Å²) >= 11 is 0. The van der Waals surface area contributed by atoms with E-state index in [1.165, 1.54) is 0 Å². The Morgan fingerprint density at radius 1 is 1.07 bits per heavy atom. The van der Waals surface area contributed by atoms with E-state index in [9.17, 15) is 0 Å². The Hall–Kier alpha value is -2.67. The Labute approximate surface area is 165 Å². The average molecular weight is 385 g/mol. The first kappa shape index (κ1) is 18.7. The third-order valence-corrected chi connectivity index (χ3v) is 4.73. The summed E-state index contributed by atoms with van der Waals surface area (Å²) in [5.74, 6) is 3.21. The maximum atomic E-state index is 5.78. The van der Waals surface area contributed by atoms with Crippen LogP contribution in [0.1, 0.15) is 25.0 Å². The number of furan rings is 1. The van der Waals surface area contributed by atoms with Crippen LogP contribution >= 0.6 is 0 Å². The molecule has 0 spiro atoms. The number of hydrogen-bond acceptors (Lipinski definition) is 5. The molecule has 28 heavy (non-hydrogen) atoms. The molecule has 0 radical (unpaired) electrons. The van der Waals surface area contributed by atoms with Gasteiger partial charge in [-0.05, 0) is 37.1 Å². The zero-order valence-electron chi connectivity index (χ0n) is 16.0. The van der Waals surface area contributed by atoms with Crippen molar-refractivity contribution in [3.05, 3.63) is 42.4 Å². The first-order valence-electron chi connectivity index (χ1n) is 9.96. The lowest BCUT2D eigenvalue weighted by Crippen LogP contribution is -2.33. The predicted octanol–water partition coefficient (Wildman–Crippen LogP) is 3.22. The molecule has 2 aliphatic heterocycles. The van der Waals surface area contributed by atoms with E-state index in [2.05, 4.69) is 10.6 Å². The SMILES string of the molecule is c1coc(CCNC(=NCC2CCCO2)Nc2ccc3c(c2)OCCCO3)c1. The van der Waals surface area contributed by atoms with Crippen molar-refractivity contribution in [1.29, 1.82) is 0 Å².